The standard InChI is InChI=1S/C19H19BrN2O4/c1-25-18(23)13-5-3-4-10-22(17(13)19(24)26-2)16-7-6-15(20)12-8-9-21-11-14(12)16/h3-7,10,21H,8-9,11H2,1-2H3. The molecule has 0 aliphatic carbocycles. The van der Waals surface area contributed by atoms with Crippen LogP contribution in [0.4, 0.5) is 5.69 Å². The molecule has 7 heteroatoms. The Balaban J connectivity index is 2.22. The van der Waals surface area contributed by atoms with Gasteiger partial charge in [0.1, 0.15) is 5.70 Å². The average molecular weight is 419 g/mol. The van der Waals surface area contributed by atoms with Gasteiger partial charge in [0.15, 0.2) is 0 Å². The highest BCUT2D eigenvalue weighted by molar-refractivity contribution is 9.10. The van der Waals surface area contributed by atoms with Gasteiger partial charge in [-0.2, -0.15) is 0 Å². The zero-order valence-corrected chi connectivity index (χ0v) is 16.1. The Bertz CT molecular complexity index is 842. The van der Waals surface area contributed by atoms with Gasteiger partial charge in [-0.05, 0) is 48.4 Å². The molecule has 1 aromatic rings. The topological polar surface area (TPSA) is 67.9 Å². The number of benzene rings is 1. The summed E-state index contributed by atoms with van der Waals surface area (Å²) in [6, 6.07) is 3.88. The van der Waals surface area contributed by atoms with Crippen molar-refractivity contribution >= 4 is 33.6 Å². The first-order chi connectivity index (χ1) is 12.6. The highest BCUT2D eigenvalue weighted by Crippen LogP contribution is 2.35. The summed E-state index contributed by atoms with van der Waals surface area (Å²) >= 11 is 3.61. The summed E-state index contributed by atoms with van der Waals surface area (Å²) in [7, 11) is 2.57. The van der Waals surface area contributed by atoms with Crippen LogP contribution in [0.25, 0.3) is 0 Å². The van der Waals surface area contributed by atoms with Gasteiger partial charge in [-0.1, -0.05) is 22.0 Å². The molecule has 0 radical (unpaired) electrons. The van der Waals surface area contributed by atoms with E-state index in [-0.39, 0.29) is 11.3 Å². The largest absolute Gasteiger partial charge is 0.465 e. The lowest BCUT2D eigenvalue weighted by Crippen LogP contribution is -2.30. The minimum absolute atomic E-state index is 0.124. The number of hydrogen-bond donors (Lipinski definition) is 1. The van der Waals surface area contributed by atoms with Gasteiger partial charge in [0.2, 0.25) is 0 Å². The Morgan fingerprint density at radius 3 is 2.62 bits per heavy atom. The average Bonchev–Trinajstić information content (AvgIpc) is 2.90. The molecule has 0 saturated carbocycles. The maximum Gasteiger partial charge on any atom is 0.355 e. The lowest BCUT2D eigenvalue weighted by Gasteiger charge is -2.29. The third-order valence-electron chi connectivity index (χ3n) is 4.35. The summed E-state index contributed by atoms with van der Waals surface area (Å²) in [6.45, 7) is 1.56. The van der Waals surface area contributed by atoms with Crippen molar-refractivity contribution in [2.45, 2.75) is 13.0 Å². The number of hydrogen-bond acceptors (Lipinski definition) is 6. The van der Waals surface area contributed by atoms with Gasteiger partial charge in [0, 0.05) is 17.2 Å². The van der Waals surface area contributed by atoms with Crippen molar-refractivity contribution in [2.24, 2.45) is 0 Å². The van der Waals surface area contributed by atoms with Crippen LogP contribution in [-0.2, 0) is 32.0 Å². The van der Waals surface area contributed by atoms with E-state index in [0.717, 1.165) is 28.7 Å². The second-order valence-electron chi connectivity index (χ2n) is 5.77. The minimum atomic E-state index is -0.609. The van der Waals surface area contributed by atoms with E-state index < -0.39 is 11.9 Å². The maximum atomic E-state index is 12.5. The van der Waals surface area contributed by atoms with E-state index in [1.807, 2.05) is 12.1 Å². The molecule has 2 heterocycles. The Morgan fingerprint density at radius 2 is 1.88 bits per heavy atom. The molecule has 0 aromatic heterocycles. The molecule has 0 bridgehead atoms. The molecule has 0 spiro atoms. The summed E-state index contributed by atoms with van der Waals surface area (Å²) in [5.74, 6) is -1.21. The van der Waals surface area contributed by atoms with Crippen LogP contribution < -0.4 is 10.2 Å². The molecular formula is C19H19BrN2O4. The molecule has 3 rings (SSSR count). The van der Waals surface area contributed by atoms with Crippen LogP contribution in [0, 0.1) is 0 Å². The minimum Gasteiger partial charge on any atom is -0.465 e. The van der Waals surface area contributed by atoms with Crippen LogP contribution >= 0.6 is 15.9 Å². The van der Waals surface area contributed by atoms with Gasteiger partial charge in [-0.15, -0.1) is 0 Å². The summed E-state index contributed by atoms with van der Waals surface area (Å²) in [6.07, 6.45) is 7.64. The third kappa shape index (κ3) is 3.32. The van der Waals surface area contributed by atoms with Gasteiger partial charge in [0.25, 0.3) is 0 Å². The van der Waals surface area contributed by atoms with Crippen molar-refractivity contribution in [3.63, 3.8) is 0 Å². The molecule has 2 aliphatic heterocycles. The Labute approximate surface area is 160 Å². The molecule has 1 N–H and O–H groups in total. The maximum absolute atomic E-state index is 12.5. The normalized spacial score (nSPS) is 16.2. The first-order valence-corrected chi connectivity index (χ1v) is 8.93. The number of allylic oxidation sites excluding steroid dienone is 2. The first kappa shape index (κ1) is 18.4. The summed E-state index contributed by atoms with van der Waals surface area (Å²) in [5, 5.41) is 3.36. The smallest absolute Gasteiger partial charge is 0.355 e. The third-order valence-corrected chi connectivity index (χ3v) is 5.09. The van der Waals surface area contributed by atoms with Gasteiger partial charge in [-0.25, -0.2) is 9.59 Å². The van der Waals surface area contributed by atoms with E-state index in [9.17, 15) is 9.59 Å². The molecule has 2 aliphatic rings. The van der Waals surface area contributed by atoms with Crippen LogP contribution in [-0.4, -0.2) is 32.7 Å². The fourth-order valence-corrected chi connectivity index (χ4v) is 3.69. The number of fused-ring (bicyclic) bond motifs is 1. The van der Waals surface area contributed by atoms with E-state index in [2.05, 4.69) is 21.2 Å². The van der Waals surface area contributed by atoms with E-state index in [1.54, 1.807) is 29.3 Å². The van der Waals surface area contributed by atoms with Crippen molar-refractivity contribution in [2.75, 3.05) is 25.7 Å². The number of halogens is 1. The molecule has 0 amide bonds. The number of carbonyl (C=O) groups excluding carboxylic acids is 2. The van der Waals surface area contributed by atoms with E-state index in [1.165, 1.54) is 19.8 Å². The second kappa shape index (κ2) is 7.88. The number of methoxy groups -OCH3 is 2. The monoisotopic (exact) mass is 418 g/mol. The fourth-order valence-electron chi connectivity index (χ4n) is 3.12. The molecule has 0 saturated heterocycles. The second-order valence-corrected chi connectivity index (χ2v) is 6.62. The lowest BCUT2D eigenvalue weighted by molar-refractivity contribution is -0.139. The Morgan fingerprint density at radius 1 is 1.12 bits per heavy atom. The number of rotatable bonds is 3. The van der Waals surface area contributed by atoms with Crippen LogP contribution in [0.2, 0.25) is 0 Å². The van der Waals surface area contributed by atoms with Gasteiger partial charge in [-0.3, -0.25) is 0 Å². The molecule has 6 nitrogen and oxygen atoms in total. The van der Waals surface area contributed by atoms with Gasteiger partial charge < -0.3 is 19.7 Å². The van der Waals surface area contributed by atoms with Gasteiger partial charge in [0.05, 0.1) is 25.5 Å². The molecule has 26 heavy (non-hydrogen) atoms. The first-order valence-electron chi connectivity index (χ1n) is 8.14. The Kier molecular flexibility index (Phi) is 5.58. The molecular weight excluding hydrogens is 400 g/mol. The highest BCUT2D eigenvalue weighted by atomic mass is 79.9. The molecule has 1 aromatic carbocycles. The van der Waals surface area contributed by atoms with E-state index in [4.69, 9.17) is 9.47 Å². The van der Waals surface area contributed by atoms with Crippen molar-refractivity contribution in [3.05, 3.63) is 63.4 Å². The van der Waals surface area contributed by atoms with E-state index >= 15 is 0 Å². The van der Waals surface area contributed by atoms with Crippen LogP contribution in [0.5, 0.6) is 0 Å². The highest BCUT2D eigenvalue weighted by Gasteiger charge is 2.29. The van der Waals surface area contributed by atoms with Crippen LogP contribution in [0.3, 0.4) is 0 Å². The number of ether oxygens (including phenoxy) is 2. The summed E-state index contributed by atoms with van der Waals surface area (Å²) < 4.78 is 10.8. The summed E-state index contributed by atoms with van der Waals surface area (Å²) in [4.78, 5) is 26.5. The SMILES string of the molecule is COC(=O)C1=C(C(=O)OC)N(c2ccc(Br)c3c2CNCC3)C=CC=C1. The van der Waals surface area contributed by atoms with Crippen LogP contribution in [0.1, 0.15) is 11.1 Å². The van der Waals surface area contributed by atoms with Gasteiger partial charge >= 0.3 is 11.9 Å². The number of anilines is 1. The molecule has 0 unspecified atom stereocenters. The predicted octanol–water partition coefficient (Wildman–Crippen LogP) is 2.58. The van der Waals surface area contributed by atoms with Crippen molar-refractivity contribution < 1.29 is 19.1 Å². The Hall–Kier alpha value is -2.38. The van der Waals surface area contributed by atoms with Crippen molar-refractivity contribution in [1.82, 2.24) is 5.32 Å². The van der Waals surface area contributed by atoms with Crippen molar-refractivity contribution in [3.8, 4) is 0 Å². The predicted molar refractivity (Wildman–Crippen MR) is 101 cm³/mol. The van der Waals surface area contributed by atoms with Crippen molar-refractivity contribution in [1.29, 1.82) is 0 Å². The number of nitrogens with one attached hydrogen (secondary N) is 1. The number of esters is 2. The molecule has 0 fully saturated rings. The number of carbonyl (C=O) groups is 2. The van der Waals surface area contributed by atoms with Crippen LogP contribution in [0.15, 0.2) is 52.3 Å². The zero-order chi connectivity index (χ0) is 18.7. The number of nitrogens with zero attached hydrogens (tertiary/aromatic N) is 1. The lowest BCUT2D eigenvalue weighted by atomic mass is 9.98. The molecule has 136 valence electrons. The van der Waals surface area contributed by atoms with E-state index in [0.29, 0.717) is 6.54 Å². The molecule has 0 atom stereocenters. The zero-order valence-electron chi connectivity index (χ0n) is 14.5. The fraction of sp³-hybridized carbons (Fsp3) is 0.263. The quantitative estimate of drug-likeness (QED) is 0.760. The summed E-state index contributed by atoms with van der Waals surface area (Å²) in [5.41, 5.74) is 3.35.